The zero-order valence-corrected chi connectivity index (χ0v) is 11.8. The Balaban J connectivity index is 1.98. The number of piperidine rings is 1. The van der Waals surface area contributed by atoms with Crippen molar-refractivity contribution in [1.82, 2.24) is 10.2 Å². The Morgan fingerprint density at radius 3 is 2.61 bits per heavy atom. The van der Waals surface area contributed by atoms with Crippen molar-refractivity contribution in [3.05, 3.63) is 39.4 Å². The van der Waals surface area contributed by atoms with E-state index in [9.17, 15) is 29.3 Å². The smallest absolute Gasteiger partial charge is 0.270 e. The molecule has 9 heteroatoms. The number of nitrogens with zero attached hydrogens (tertiary/aromatic N) is 2. The van der Waals surface area contributed by atoms with Gasteiger partial charge >= 0.3 is 0 Å². The first-order valence-corrected chi connectivity index (χ1v) is 6.86. The minimum Gasteiger partial charge on any atom is -0.295 e. The van der Waals surface area contributed by atoms with E-state index in [1.165, 1.54) is 12.1 Å². The molecule has 0 saturated carbocycles. The molecular weight excluding hydrogens is 306 g/mol. The summed E-state index contributed by atoms with van der Waals surface area (Å²) in [5.41, 5.74) is 0.146. The minimum absolute atomic E-state index is 0.0231. The van der Waals surface area contributed by atoms with Gasteiger partial charge < -0.3 is 0 Å². The normalized spacial score (nSPS) is 21.0. The van der Waals surface area contributed by atoms with E-state index in [4.69, 9.17) is 0 Å². The number of fused-ring (bicyclic) bond motifs is 1. The standard InChI is InChI=1S/C14H11N3O6/c18-11-4-3-10(13(20)15-11)16-12(19)5-7-1-2-8(17(22)23)6-9(7)14(16)21/h1-2,6,10H,3-5H2,(H,15,18,20). The molecule has 0 bridgehead atoms. The quantitative estimate of drug-likeness (QED) is 0.462. The summed E-state index contributed by atoms with van der Waals surface area (Å²) >= 11 is 0. The first-order chi connectivity index (χ1) is 10.9. The highest BCUT2D eigenvalue weighted by Crippen LogP contribution is 2.27. The minimum atomic E-state index is -1.07. The molecule has 2 aliphatic heterocycles. The van der Waals surface area contributed by atoms with Crippen LogP contribution in [0.5, 0.6) is 0 Å². The van der Waals surface area contributed by atoms with Crippen molar-refractivity contribution in [3.63, 3.8) is 0 Å². The number of nitrogens with one attached hydrogen (secondary N) is 1. The average molecular weight is 317 g/mol. The Hall–Kier alpha value is -3.10. The van der Waals surface area contributed by atoms with Gasteiger partial charge in [0.2, 0.25) is 17.7 Å². The van der Waals surface area contributed by atoms with E-state index in [1.54, 1.807) is 0 Å². The second-order valence-corrected chi connectivity index (χ2v) is 5.31. The Bertz CT molecular complexity index is 772. The van der Waals surface area contributed by atoms with Gasteiger partial charge in [0.25, 0.3) is 11.6 Å². The van der Waals surface area contributed by atoms with Gasteiger partial charge in [-0.05, 0) is 12.0 Å². The molecule has 0 aliphatic carbocycles. The number of carbonyl (C=O) groups excluding carboxylic acids is 4. The molecule has 23 heavy (non-hydrogen) atoms. The molecule has 1 fully saturated rings. The van der Waals surface area contributed by atoms with Crippen LogP contribution in [0.25, 0.3) is 0 Å². The summed E-state index contributed by atoms with van der Waals surface area (Å²) in [6.45, 7) is 0. The van der Waals surface area contributed by atoms with Crippen LogP contribution in [-0.2, 0) is 20.8 Å². The Morgan fingerprint density at radius 1 is 1.22 bits per heavy atom. The van der Waals surface area contributed by atoms with Gasteiger partial charge in [-0.2, -0.15) is 0 Å². The molecule has 118 valence electrons. The van der Waals surface area contributed by atoms with Gasteiger partial charge in [0, 0.05) is 18.6 Å². The summed E-state index contributed by atoms with van der Waals surface area (Å²) < 4.78 is 0. The van der Waals surface area contributed by atoms with Gasteiger partial charge in [-0.3, -0.25) is 39.5 Å². The maximum atomic E-state index is 12.5. The fraction of sp³-hybridized carbons (Fsp3) is 0.286. The van der Waals surface area contributed by atoms with Gasteiger partial charge in [-0.25, -0.2) is 0 Å². The van der Waals surface area contributed by atoms with Crippen molar-refractivity contribution in [2.75, 3.05) is 0 Å². The number of benzene rings is 1. The van der Waals surface area contributed by atoms with Crippen molar-refractivity contribution in [3.8, 4) is 0 Å². The van der Waals surface area contributed by atoms with Crippen LogP contribution in [0.15, 0.2) is 18.2 Å². The number of imide groups is 2. The summed E-state index contributed by atoms with van der Waals surface area (Å²) in [4.78, 5) is 58.9. The largest absolute Gasteiger partial charge is 0.295 e. The number of hydrogen-bond donors (Lipinski definition) is 1. The molecule has 0 radical (unpaired) electrons. The molecule has 1 unspecified atom stereocenters. The summed E-state index contributed by atoms with van der Waals surface area (Å²) in [7, 11) is 0. The first-order valence-electron chi connectivity index (χ1n) is 6.86. The lowest BCUT2D eigenvalue weighted by Crippen LogP contribution is -2.57. The third-order valence-electron chi connectivity index (χ3n) is 3.89. The van der Waals surface area contributed by atoms with Gasteiger partial charge in [0.1, 0.15) is 6.04 Å². The fourth-order valence-corrected chi connectivity index (χ4v) is 2.77. The SMILES string of the molecule is O=C1CCC(N2C(=O)Cc3ccc([N+](=O)[O-])cc3C2=O)C(=O)N1. The molecule has 1 saturated heterocycles. The van der Waals surface area contributed by atoms with E-state index in [2.05, 4.69) is 5.32 Å². The second-order valence-electron chi connectivity index (χ2n) is 5.31. The number of amides is 4. The summed E-state index contributed by atoms with van der Waals surface area (Å²) in [5.74, 6) is -2.49. The number of rotatable bonds is 2. The molecule has 1 aromatic carbocycles. The van der Waals surface area contributed by atoms with Crippen molar-refractivity contribution < 1.29 is 24.1 Å². The van der Waals surface area contributed by atoms with Gasteiger partial charge in [-0.1, -0.05) is 6.07 Å². The molecule has 3 rings (SSSR count). The van der Waals surface area contributed by atoms with E-state index >= 15 is 0 Å². The van der Waals surface area contributed by atoms with Crippen LogP contribution in [0.2, 0.25) is 0 Å². The average Bonchev–Trinajstić information content (AvgIpc) is 2.49. The monoisotopic (exact) mass is 317 g/mol. The van der Waals surface area contributed by atoms with Crippen LogP contribution < -0.4 is 5.32 Å². The lowest BCUT2D eigenvalue weighted by Gasteiger charge is -2.34. The number of nitro benzene ring substituents is 1. The van der Waals surface area contributed by atoms with Crippen LogP contribution in [0.4, 0.5) is 5.69 Å². The summed E-state index contributed by atoms with van der Waals surface area (Å²) in [5, 5.41) is 12.9. The molecule has 9 nitrogen and oxygen atoms in total. The van der Waals surface area contributed by atoms with E-state index < -0.39 is 34.6 Å². The predicted octanol–water partition coefficient (Wildman–Crippen LogP) is -0.0751. The van der Waals surface area contributed by atoms with Crippen LogP contribution >= 0.6 is 0 Å². The summed E-state index contributed by atoms with van der Waals surface area (Å²) in [6.07, 6.45) is -0.0571. The van der Waals surface area contributed by atoms with Crippen LogP contribution in [0.1, 0.15) is 28.8 Å². The van der Waals surface area contributed by atoms with E-state index in [1.807, 2.05) is 0 Å². The van der Waals surface area contributed by atoms with Gasteiger partial charge in [-0.15, -0.1) is 0 Å². The number of nitro groups is 1. The maximum absolute atomic E-state index is 12.5. The van der Waals surface area contributed by atoms with Crippen molar-refractivity contribution in [2.24, 2.45) is 0 Å². The zero-order chi connectivity index (χ0) is 16.7. The van der Waals surface area contributed by atoms with Crippen LogP contribution in [-0.4, -0.2) is 39.5 Å². The Kier molecular flexibility index (Phi) is 3.40. The molecule has 1 N–H and O–H groups in total. The summed E-state index contributed by atoms with van der Waals surface area (Å²) in [6, 6.07) is 2.62. The van der Waals surface area contributed by atoms with E-state index in [0.29, 0.717) is 5.56 Å². The van der Waals surface area contributed by atoms with Gasteiger partial charge in [0.15, 0.2) is 0 Å². The maximum Gasteiger partial charge on any atom is 0.270 e. The van der Waals surface area contributed by atoms with Crippen molar-refractivity contribution in [1.29, 1.82) is 0 Å². The van der Waals surface area contributed by atoms with E-state index in [-0.39, 0.29) is 30.5 Å². The number of carbonyl (C=O) groups is 4. The highest BCUT2D eigenvalue weighted by Gasteiger charge is 2.41. The lowest BCUT2D eigenvalue weighted by molar-refractivity contribution is -0.384. The second kappa shape index (κ2) is 5.27. The predicted molar refractivity (Wildman–Crippen MR) is 74.1 cm³/mol. The molecule has 1 aromatic rings. The van der Waals surface area contributed by atoms with Crippen molar-refractivity contribution >= 4 is 29.3 Å². The van der Waals surface area contributed by atoms with E-state index in [0.717, 1.165) is 11.0 Å². The van der Waals surface area contributed by atoms with Crippen LogP contribution in [0.3, 0.4) is 0 Å². The molecule has 1 atom stereocenters. The third-order valence-corrected chi connectivity index (χ3v) is 3.89. The third kappa shape index (κ3) is 2.45. The molecular formula is C14H11N3O6. The molecule has 2 heterocycles. The number of non-ortho nitro benzene ring substituents is 1. The highest BCUT2D eigenvalue weighted by atomic mass is 16.6. The Labute approximate surface area is 129 Å². The zero-order valence-electron chi connectivity index (χ0n) is 11.8. The molecule has 0 aromatic heterocycles. The molecule has 4 amide bonds. The molecule has 2 aliphatic rings. The molecule has 0 spiro atoms. The topological polar surface area (TPSA) is 127 Å². The Morgan fingerprint density at radius 2 is 1.96 bits per heavy atom. The fourth-order valence-electron chi connectivity index (χ4n) is 2.77. The van der Waals surface area contributed by atoms with Gasteiger partial charge in [0.05, 0.1) is 16.9 Å². The van der Waals surface area contributed by atoms with Crippen LogP contribution in [0, 0.1) is 10.1 Å². The first kappa shape index (κ1) is 14.8. The highest BCUT2D eigenvalue weighted by molar-refractivity contribution is 6.13. The van der Waals surface area contributed by atoms with Crippen molar-refractivity contribution in [2.45, 2.75) is 25.3 Å². The lowest BCUT2D eigenvalue weighted by atomic mass is 9.94. The number of hydrogen-bond acceptors (Lipinski definition) is 6.